The van der Waals surface area contributed by atoms with Crippen LogP contribution in [-0.4, -0.2) is 32.4 Å². The highest BCUT2D eigenvalue weighted by Gasteiger charge is 2.62. The average Bonchev–Trinajstić information content (AvgIpc) is 2.77. The first-order valence-corrected chi connectivity index (χ1v) is 8.53. The highest BCUT2D eigenvalue weighted by Crippen LogP contribution is 2.61. The van der Waals surface area contributed by atoms with E-state index < -0.39 is 15.8 Å². The number of rotatable bonds is 2. The van der Waals surface area contributed by atoms with Crippen LogP contribution in [0.4, 0.5) is 14.9 Å². The number of carbonyl (C=O) groups is 1. The van der Waals surface area contributed by atoms with Gasteiger partial charge < -0.3 is 10.2 Å². The van der Waals surface area contributed by atoms with Crippen LogP contribution >= 0.6 is 0 Å². The molecular weight excluding hydrogens is 309 g/mol. The summed E-state index contributed by atoms with van der Waals surface area (Å²) >= 11 is 0. The summed E-state index contributed by atoms with van der Waals surface area (Å²) in [6.07, 6.45) is 0. The Morgan fingerprint density at radius 3 is 2.45 bits per heavy atom. The first-order valence-electron chi connectivity index (χ1n) is 6.98. The van der Waals surface area contributed by atoms with Gasteiger partial charge in [-0.2, -0.15) is 0 Å². The van der Waals surface area contributed by atoms with E-state index in [-0.39, 0.29) is 22.0 Å². The minimum atomic E-state index is -4.02. The van der Waals surface area contributed by atoms with Gasteiger partial charge in [-0.25, -0.2) is 22.7 Å². The third kappa shape index (κ3) is 2.56. The van der Waals surface area contributed by atoms with Crippen LogP contribution < -0.4 is 10.5 Å². The molecule has 1 saturated heterocycles. The van der Waals surface area contributed by atoms with Crippen LogP contribution in [0.1, 0.15) is 13.8 Å². The molecule has 2 unspecified atom stereocenters. The first-order chi connectivity index (χ1) is 10.1. The summed E-state index contributed by atoms with van der Waals surface area (Å²) in [5.41, 5.74) is 0.366. The van der Waals surface area contributed by atoms with Gasteiger partial charge in [-0.05, 0) is 35.4 Å². The normalized spacial score (nSPS) is 25.7. The monoisotopic (exact) mass is 327 g/mol. The lowest BCUT2D eigenvalue weighted by atomic mass is 10.1. The van der Waals surface area contributed by atoms with Gasteiger partial charge >= 0.3 is 6.03 Å². The summed E-state index contributed by atoms with van der Waals surface area (Å²) in [7, 11) is -4.02. The van der Waals surface area contributed by atoms with Gasteiger partial charge in [-0.15, -0.1) is 0 Å². The molecular formula is C14H18FN3O3S. The van der Waals surface area contributed by atoms with Gasteiger partial charge in [0.1, 0.15) is 5.82 Å². The molecule has 3 N–H and O–H groups in total. The lowest BCUT2D eigenvalue weighted by Crippen LogP contribution is -2.36. The highest BCUT2D eigenvalue weighted by atomic mass is 32.2. The maximum Gasteiger partial charge on any atom is 0.321 e. The van der Waals surface area contributed by atoms with Crippen molar-refractivity contribution in [3.63, 3.8) is 0 Å². The molecule has 0 aromatic heterocycles. The number of nitrogens with one attached hydrogen (secondary N) is 1. The second-order valence-electron chi connectivity index (χ2n) is 6.59. The molecule has 1 aliphatic carbocycles. The number of carbonyl (C=O) groups excluding carboxylic acids is 1. The van der Waals surface area contributed by atoms with E-state index in [1.54, 1.807) is 4.90 Å². The zero-order chi connectivity index (χ0) is 16.3. The standard InChI is InChI=1S/C14H18FN3O3S/c1-14(2)11-6-18(7-12(11)14)13(19)17-9-3-8(15)4-10(5-9)22(16,20)21/h3-5,11-12H,6-7H2,1-2H3,(H,17,19)(H2,16,20,21). The second kappa shape index (κ2) is 4.66. The minimum Gasteiger partial charge on any atom is -0.324 e. The summed E-state index contributed by atoms with van der Waals surface area (Å²) in [6, 6.07) is 2.68. The molecule has 0 radical (unpaired) electrons. The number of nitrogens with two attached hydrogens (primary N) is 1. The smallest absolute Gasteiger partial charge is 0.321 e. The molecule has 6 nitrogen and oxygen atoms in total. The van der Waals surface area contributed by atoms with E-state index in [9.17, 15) is 17.6 Å². The van der Waals surface area contributed by atoms with Crippen molar-refractivity contribution in [1.82, 2.24) is 4.90 Å². The fourth-order valence-electron chi connectivity index (χ4n) is 3.30. The van der Waals surface area contributed by atoms with Crippen molar-refractivity contribution in [2.45, 2.75) is 18.7 Å². The number of urea groups is 1. The van der Waals surface area contributed by atoms with Gasteiger partial charge in [-0.1, -0.05) is 13.8 Å². The molecule has 3 rings (SSSR count). The molecule has 0 spiro atoms. The third-order valence-corrected chi connectivity index (χ3v) is 5.75. The Morgan fingerprint density at radius 2 is 1.91 bits per heavy atom. The van der Waals surface area contributed by atoms with Crippen LogP contribution in [0, 0.1) is 23.1 Å². The number of likely N-dealkylation sites (tertiary alicyclic amines) is 1. The maximum absolute atomic E-state index is 13.5. The lowest BCUT2D eigenvalue weighted by Gasteiger charge is -2.22. The predicted octanol–water partition coefficient (Wildman–Crippen LogP) is 1.59. The molecule has 22 heavy (non-hydrogen) atoms. The second-order valence-corrected chi connectivity index (χ2v) is 8.15. The van der Waals surface area contributed by atoms with Crippen molar-refractivity contribution in [3.8, 4) is 0 Å². The average molecular weight is 327 g/mol. The van der Waals surface area contributed by atoms with E-state index in [1.807, 2.05) is 0 Å². The molecule has 0 bridgehead atoms. The number of hydrogen-bond acceptors (Lipinski definition) is 3. The summed E-state index contributed by atoms with van der Waals surface area (Å²) in [6.45, 7) is 5.70. The topological polar surface area (TPSA) is 92.5 Å². The van der Waals surface area contributed by atoms with E-state index >= 15 is 0 Å². The summed E-state index contributed by atoms with van der Waals surface area (Å²) < 4.78 is 36.0. The van der Waals surface area contributed by atoms with E-state index in [2.05, 4.69) is 19.2 Å². The molecule has 2 aliphatic rings. The Kier molecular flexibility index (Phi) is 3.23. The number of amides is 2. The van der Waals surface area contributed by atoms with Crippen LogP contribution in [0.25, 0.3) is 0 Å². The zero-order valence-electron chi connectivity index (χ0n) is 12.3. The molecule has 2 amide bonds. The molecule has 1 saturated carbocycles. The van der Waals surface area contributed by atoms with Crippen molar-refractivity contribution >= 4 is 21.7 Å². The van der Waals surface area contributed by atoms with Gasteiger partial charge in [0.05, 0.1) is 4.90 Å². The largest absolute Gasteiger partial charge is 0.324 e. The van der Waals surface area contributed by atoms with Crippen molar-refractivity contribution in [3.05, 3.63) is 24.0 Å². The number of benzene rings is 1. The van der Waals surface area contributed by atoms with Gasteiger partial charge in [0.2, 0.25) is 10.0 Å². The molecule has 2 atom stereocenters. The quantitative estimate of drug-likeness (QED) is 0.864. The third-order valence-electron chi connectivity index (χ3n) is 4.86. The Labute approximate surface area is 128 Å². The number of sulfonamides is 1. The number of primary sulfonamides is 1. The predicted molar refractivity (Wildman–Crippen MR) is 79.1 cm³/mol. The van der Waals surface area contributed by atoms with Gasteiger partial charge in [0.15, 0.2) is 0 Å². The summed E-state index contributed by atoms with van der Waals surface area (Å²) in [5.74, 6) is 0.240. The van der Waals surface area contributed by atoms with Crippen molar-refractivity contribution in [2.75, 3.05) is 18.4 Å². The number of halogens is 1. The number of hydrogen-bond donors (Lipinski definition) is 2. The first kappa shape index (κ1) is 15.2. The molecule has 2 fully saturated rings. The lowest BCUT2D eigenvalue weighted by molar-refractivity contribution is 0.209. The van der Waals surface area contributed by atoms with Gasteiger partial charge in [-0.3, -0.25) is 0 Å². The highest BCUT2D eigenvalue weighted by molar-refractivity contribution is 7.89. The van der Waals surface area contributed by atoms with Gasteiger partial charge in [0, 0.05) is 18.8 Å². The number of fused-ring (bicyclic) bond motifs is 1. The van der Waals surface area contributed by atoms with Crippen LogP contribution in [0.2, 0.25) is 0 Å². The Bertz CT molecular complexity index is 734. The minimum absolute atomic E-state index is 0.0776. The summed E-state index contributed by atoms with van der Waals surface area (Å²) in [5, 5.41) is 7.52. The molecule has 1 aromatic rings. The number of nitrogens with zero attached hydrogens (tertiary/aromatic N) is 1. The fraction of sp³-hybridized carbons (Fsp3) is 0.500. The van der Waals surface area contributed by atoms with Crippen molar-refractivity contribution < 1.29 is 17.6 Å². The van der Waals surface area contributed by atoms with E-state index in [0.29, 0.717) is 24.9 Å². The van der Waals surface area contributed by atoms with Crippen molar-refractivity contribution in [2.24, 2.45) is 22.4 Å². The van der Waals surface area contributed by atoms with Crippen LogP contribution in [-0.2, 0) is 10.0 Å². The zero-order valence-corrected chi connectivity index (χ0v) is 13.2. The number of anilines is 1. The molecule has 8 heteroatoms. The van der Waals surface area contributed by atoms with E-state index in [1.165, 1.54) is 0 Å². The Balaban J connectivity index is 1.72. The number of piperidine rings is 1. The molecule has 120 valence electrons. The van der Waals surface area contributed by atoms with Crippen molar-refractivity contribution in [1.29, 1.82) is 0 Å². The Hall–Kier alpha value is -1.67. The van der Waals surface area contributed by atoms with Crippen LogP contribution in [0.15, 0.2) is 23.1 Å². The maximum atomic E-state index is 13.5. The fourth-order valence-corrected chi connectivity index (χ4v) is 3.87. The molecule has 1 aromatic carbocycles. The van der Waals surface area contributed by atoms with Crippen LogP contribution in [0.5, 0.6) is 0 Å². The molecule has 1 heterocycles. The molecule has 1 aliphatic heterocycles. The Morgan fingerprint density at radius 1 is 1.32 bits per heavy atom. The van der Waals surface area contributed by atoms with E-state index in [4.69, 9.17) is 5.14 Å². The summed E-state index contributed by atoms with van der Waals surface area (Å²) in [4.78, 5) is 13.5. The SMILES string of the molecule is CC1(C)C2CN(C(=O)Nc3cc(F)cc(S(N)(=O)=O)c3)CC21. The van der Waals surface area contributed by atoms with Crippen LogP contribution in [0.3, 0.4) is 0 Å². The van der Waals surface area contributed by atoms with Gasteiger partial charge in [0.25, 0.3) is 0 Å². The van der Waals surface area contributed by atoms with E-state index in [0.717, 1.165) is 18.2 Å².